The zero-order chi connectivity index (χ0) is 22.8. The largest absolute Gasteiger partial charge is 0.337 e. The number of hydrogen-bond donors (Lipinski definition) is 1. The summed E-state index contributed by atoms with van der Waals surface area (Å²) in [6, 6.07) is 12.7. The van der Waals surface area contributed by atoms with Crippen LogP contribution >= 0.6 is 23.2 Å². The van der Waals surface area contributed by atoms with E-state index < -0.39 is 10.8 Å². The fourth-order valence-electron chi connectivity index (χ4n) is 3.67. The van der Waals surface area contributed by atoms with Gasteiger partial charge in [-0.1, -0.05) is 23.2 Å². The Labute approximate surface area is 192 Å². The van der Waals surface area contributed by atoms with Crippen molar-refractivity contribution in [3.05, 3.63) is 85.1 Å². The first-order chi connectivity index (χ1) is 15.4. The van der Waals surface area contributed by atoms with Crippen LogP contribution in [-0.4, -0.2) is 21.6 Å². The van der Waals surface area contributed by atoms with E-state index in [1.54, 1.807) is 30.3 Å². The van der Waals surface area contributed by atoms with Crippen molar-refractivity contribution in [2.45, 2.75) is 19.4 Å². The number of benzene rings is 2. The minimum atomic E-state index is -0.488. The first-order valence-corrected chi connectivity index (χ1v) is 10.3. The Morgan fingerprint density at radius 3 is 2.53 bits per heavy atom. The van der Waals surface area contributed by atoms with Crippen molar-refractivity contribution < 1.29 is 9.72 Å². The normalized spacial score (nSPS) is 12.5. The van der Waals surface area contributed by atoms with Crippen LogP contribution < -0.4 is 5.32 Å². The molecule has 0 saturated heterocycles. The Bertz CT molecular complexity index is 1290. The highest BCUT2D eigenvalue weighted by Gasteiger charge is 2.29. The van der Waals surface area contributed by atoms with Crippen molar-refractivity contribution in [2.24, 2.45) is 4.99 Å². The number of carbonyl (C=O) groups excluding carboxylic acids is 1. The molecule has 0 spiro atoms. The van der Waals surface area contributed by atoms with Crippen LogP contribution in [0.5, 0.6) is 0 Å². The van der Waals surface area contributed by atoms with E-state index in [0.717, 1.165) is 12.1 Å². The van der Waals surface area contributed by atoms with Gasteiger partial charge in [-0.2, -0.15) is 5.26 Å². The number of anilines is 1. The second-order valence-corrected chi connectivity index (χ2v) is 7.98. The summed E-state index contributed by atoms with van der Waals surface area (Å²) in [5, 5.41) is 24.1. The van der Waals surface area contributed by atoms with Gasteiger partial charge < -0.3 is 9.88 Å². The first kappa shape index (κ1) is 21.6. The number of nitriles is 1. The zero-order valence-electron chi connectivity index (χ0n) is 16.5. The third-order valence-electron chi connectivity index (χ3n) is 5.03. The quantitative estimate of drug-likeness (QED) is 0.302. The van der Waals surface area contributed by atoms with Crippen LogP contribution in [0.4, 0.5) is 17.1 Å². The molecule has 0 fully saturated rings. The molecule has 32 heavy (non-hydrogen) atoms. The molecule has 1 aliphatic rings. The van der Waals surface area contributed by atoms with E-state index in [0.29, 0.717) is 39.8 Å². The Morgan fingerprint density at radius 1 is 1.22 bits per heavy atom. The maximum absolute atomic E-state index is 13.2. The molecule has 2 heterocycles. The van der Waals surface area contributed by atoms with Crippen molar-refractivity contribution in [3.8, 4) is 6.07 Å². The minimum absolute atomic E-state index is 0.0389. The van der Waals surface area contributed by atoms with Crippen LogP contribution in [0, 0.1) is 21.4 Å². The maximum Gasteiger partial charge on any atom is 0.274 e. The second-order valence-electron chi connectivity index (χ2n) is 7.10. The Balaban J connectivity index is 1.73. The number of rotatable bonds is 5. The fourth-order valence-corrected chi connectivity index (χ4v) is 4.20. The van der Waals surface area contributed by atoms with Crippen LogP contribution in [0.3, 0.4) is 0 Å². The van der Waals surface area contributed by atoms with Crippen LogP contribution in [0.25, 0.3) is 0 Å². The maximum atomic E-state index is 13.2. The monoisotopic (exact) mass is 467 g/mol. The lowest BCUT2D eigenvalue weighted by atomic mass is 10.1. The van der Waals surface area contributed by atoms with Crippen LogP contribution in [0.1, 0.15) is 33.7 Å². The molecule has 8 nitrogen and oxygen atoms in total. The number of nitro benzene ring substituents is 1. The summed E-state index contributed by atoms with van der Waals surface area (Å²) in [6.45, 7) is 0.593. The number of non-ortho nitro benzene ring substituents is 1. The van der Waals surface area contributed by atoms with Crippen LogP contribution in [0.2, 0.25) is 10.0 Å². The average Bonchev–Trinajstić information content (AvgIpc) is 3.31. The molecule has 1 N–H and O–H groups in total. The van der Waals surface area contributed by atoms with Gasteiger partial charge in [-0.05, 0) is 48.7 Å². The van der Waals surface area contributed by atoms with E-state index in [4.69, 9.17) is 23.2 Å². The molecule has 1 amide bonds. The van der Waals surface area contributed by atoms with E-state index in [2.05, 4.69) is 16.4 Å². The topological polar surface area (TPSA) is 113 Å². The number of nitro groups is 1. The number of aromatic nitrogens is 1. The molecule has 4 rings (SSSR count). The van der Waals surface area contributed by atoms with Gasteiger partial charge >= 0.3 is 0 Å². The summed E-state index contributed by atoms with van der Waals surface area (Å²) in [5.41, 5.74) is 2.61. The number of fused-ring (bicyclic) bond motifs is 1. The molecule has 0 saturated carbocycles. The number of nitrogens with zero attached hydrogens (tertiary/aromatic N) is 4. The van der Waals surface area contributed by atoms with Gasteiger partial charge in [0.1, 0.15) is 17.5 Å². The Kier molecular flexibility index (Phi) is 5.95. The van der Waals surface area contributed by atoms with Gasteiger partial charge in [0.15, 0.2) is 0 Å². The molecule has 0 bridgehead atoms. The fraction of sp³-hybridized carbons (Fsp3) is 0.136. The van der Waals surface area contributed by atoms with Crippen LogP contribution in [-0.2, 0) is 13.0 Å². The highest BCUT2D eigenvalue weighted by atomic mass is 35.5. The van der Waals surface area contributed by atoms with Crippen molar-refractivity contribution >= 4 is 52.4 Å². The third-order valence-corrected chi connectivity index (χ3v) is 5.47. The summed E-state index contributed by atoms with van der Waals surface area (Å²) >= 11 is 12.1. The molecule has 160 valence electrons. The first-order valence-electron chi connectivity index (χ1n) is 9.59. The van der Waals surface area contributed by atoms with Gasteiger partial charge in [0.25, 0.3) is 11.6 Å². The van der Waals surface area contributed by atoms with Gasteiger partial charge in [0.2, 0.25) is 0 Å². The van der Waals surface area contributed by atoms with Gasteiger partial charge in [0, 0.05) is 46.3 Å². The number of carbonyl (C=O) groups is 1. The summed E-state index contributed by atoms with van der Waals surface area (Å²) < 4.78 is 1.81. The SMILES string of the molecule is N#Cc1c(N=Cc2ccc([N+](=O)[O-])cc2)c(C(=O)Nc2cc(Cl)cc(Cl)c2)n2c1CCC2. The van der Waals surface area contributed by atoms with Crippen molar-refractivity contribution in [1.82, 2.24) is 4.57 Å². The van der Waals surface area contributed by atoms with Crippen molar-refractivity contribution in [1.29, 1.82) is 5.26 Å². The number of hydrogen-bond acceptors (Lipinski definition) is 5. The predicted molar refractivity (Wildman–Crippen MR) is 122 cm³/mol. The predicted octanol–water partition coefficient (Wildman–Crippen LogP) is 5.52. The standard InChI is InChI=1S/C22H15Cl2N5O3/c23-14-8-15(24)10-16(9-14)27-22(30)21-20(18(11-25)19-2-1-7-28(19)21)26-12-13-3-5-17(6-4-13)29(31)32/h3-6,8-10,12H,1-2,7H2,(H,27,30). The molecule has 0 radical (unpaired) electrons. The van der Waals surface area contributed by atoms with Gasteiger partial charge in [-0.15, -0.1) is 0 Å². The molecular weight excluding hydrogens is 453 g/mol. The molecule has 0 aliphatic carbocycles. The summed E-state index contributed by atoms with van der Waals surface area (Å²) in [6.07, 6.45) is 2.96. The molecule has 1 aliphatic heterocycles. The third kappa shape index (κ3) is 4.21. The smallest absolute Gasteiger partial charge is 0.274 e. The van der Waals surface area contributed by atoms with Crippen molar-refractivity contribution in [2.75, 3.05) is 5.32 Å². The van der Waals surface area contributed by atoms with Gasteiger partial charge in [-0.25, -0.2) is 0 Å². The summed E-state index contributed by atoms with van der Waals surface area (Å²) in [5.74, 6) is -0.441. The van der Waals surface area contributed by atoms with E-state index >= 15 is 0 Å². The molecule has 3 aromatic rings. The Hall–Kier alpha value is -3.67. The molecule has 1 aromatic heterocycles. The molecule has 0 unspecified atom stereocenters. The Morgan fingerprint density at radius 2 is 1.91 bits per heavy atom. The molecular formula is C22H15Cl2N5O3. The van der Waals surface area contributed by atoms with E-state index in [9.17, 15) is 20.2 Å². The number of nitrogens with one attached hydrogen (secondary N) is 1. The molecule has 0 atom stereocenters. The number of aliphatic imine (C=N–C) groups is 1. The van der Waals surface area contributed by atoms with Crippen molar-refractivity contribution in [3.63, 3.8) is 0 Å². The second kappa shape index (κ2) is 8.83. The zero-order valence-corrected chi connectivity index (χ0v) is 18.0. The highest BCUT2D eigenvalue weighted by Crippen LogP contribution is 2.36. The van der Waals surface area contributed by atoms with E-state index in [1.807, 2.05) is 4.57 Å². The average molecular weight is 468 g/mol. The van der Waals surface area contributed by atoms with Crippen LogP contribution in [0.15, 0.2) is 47.5 Å². The lowest BCUT2D eigenvalue weighted by Crippen LogP contribution is -2.16. The lowest BCUT2D eigenvalue weighted by molar-refractivity contribution is -0.384. The van der Waals surface area contributed by atoms with Gasteiger partial charge in [-0.3, -0.25) is 19.9 Å². The number of halogens is 2. The summed E-state index contributed by atoms with van der Waals surface area (Å²) in [4.78, 5) is 28.0. The number of amides is 1. The van der Waals surface area contributed by atoms with E-state index in [1.165, 1.54) is 18.3 Å². The van der Waals surface area contributed by atoms with Gasteiger partial charge in [0.05, 0.1) is 10.5 Å². The lowest BCUT2D eigenvalue weighted by Gasteiger charge is -2.09. The highest BCUT2D eigenvalue weighted by molar-refractivity contribution is 6.35. The molecule has 10 heteroatoms. The minimum Gasteiger partial charge on any atom is -0.337 e. The molecule has 2 aromatic carbocycles. The summed E-state index contributed by atoms with van der Waals surface area (Å²) in [7, 11) is 0. The van der Waals surface area contributed by atoms with E-state index in [-0.39, 0.29) is 17.1 Å².